The lowest BCUT2D eigenvalue weighted by molar-refractivity contribution is 0.0879. The normalized spacial score (nSPS) is 16.6. The maximum atomic E-state index is 10.9. The fourth-order valence-electron chi connectivity index (χ4n) is 1.12. The summed E-state index contributed by atoms with van der Waals surface area (Å²) in [7, 11) is 0. The first-order chi connectivity index (χ1) is 6.79. The van der Waals surface area contributed by atoms with Gasteiger partial charge in [0.15, 0.2) is 0 Å². The molecule has 0 saturated carbocycles. The summed E-state index contributed by atoms with van der Waals surface area (Å²) in [5.74, 6) is -0.601. The van der Waals surface area contributed by atoms with Gasteiger partial charge in [-0.05, 0) is 12.1 Å². The summed E-state index contributed by atoms with van der Waals surface area (Å²) < 4.78 is 0. The van der Waals surface area contributed by atoms with Crippen molar-refractivity contribution in [3.05, 3.63) is 35.4 Å². The maximum absolute atomic E-state index is 10.9. The van der Waals surface area contributed by atoms with Crippen LogP contribution < -0.4 is 10.6 Å². The third kappa shape index (κ3) is 1.80. The SMILES string of the molecule is C1CN1.O=C1NC(=O)c2ccccc21. The first kappa shape index (κ1) is 8.90. The molecule has 2 aliphatic rings. The number of carbonyl (C=O) groups is 2. The van der Waals surface area contributed by atoms with Gasteiger partial charge in [0, 0.05) is 13.1 Å². The molecule has 14 heavy (non-hydrogen) atoms. The zero-order valence-corrected chi connectivity index (χ0v) is 7.54. The van der Waals surface area contributed by atoms with E-state index in [4.69, 9.17) is 0 Å². The topological polar surface area (TPSA) is 68.1 Å². The number of fused-ring (bicyclic) bond motifs is 1. The molecule has 0 spiro atoms. The zero-order valence-electron chi connectivity index (χ0n) is 7.54. The van der Waals surface area contributed by atoms with Crippen molar-refractivity contribution < 1.29 is 9.59 Å². The number of amides is 2. The predicted molar refractivity (Wildman–Crippen MR) is 51.1 cm³/mol. The molecule has 0 unspecified atom stereocenters. The summed E-state index contributed by atoms with van der Waals surface area (Å²) in [5.41, 5.74) is 0.940. The van der Waals surface area contributed by atoms with Crippen molar-refractivity contribution in [2.45, 2.75) is 0 Å². The number of nitrogens with one attached hydrogen (secondary N) is 2. The van der Waals surface area contributed by atoms with Crippen LogP contribution in [0.2, 0.25) is 0 Å². The number of rotatable bonds is 0. The molecule has 0 atom stereocenters. The van der Waals surface area contributed by atoms with Crippen LogP contribution in [0.3, 0.4) is 0 Å². The van der Waals surface area contributed by atoms with E-state index in [0.717, 1.165) is 0 Å². The Morgan fingerprint density at radius 1 is 0.929 bits per heavy atom. The molecule has 4 nitrogen and oxygen atoms in total. The highest BCUT2D eigenvalue weighted by Crippen LogP contribution is 2.13. The van der Waals surface area contributed by atoms with Gasteiger partial charge in [0.25, 0.3) is 11.8 Å². The van der Waals surface area contributed by atoms with Crippen LogP contribution in [0.15, 0.2) is 24.3 Å². The van der Waals surface area contributed by atoms with Crippen molar-refractivity contribution in [2.24, 2.45) is 0 Å². The highest BCUT2D eigenvalue weighted by atomic mass is 16.2. The van der Waals surface area contributed by atoms with E-state index in [1.807, 2.05) is 0 Å². The van der Waals surface area contributed by atoms with Crippen LogP contribution in [0.1, 0.15) is 20.7 Å². The standard InChI is InChI=1S/C8H5NO2.C2H5N/c10-7-5-3-1-2-4-6(5)8(11)9-7;1-2-3-1/h1-4H,(H,9,10,11);3H,1-2H2. The van der Waals surface area contributed by atoms with Crippen LogP contribution in [-0.2, 0) is 0 Å². The highest BCUT2D eigenvalue weighted by Gasteiger charge is 2.25. The lowest BCUT2D eigenvalue weighted by atomic mass is 10.1. The highest BCUT2D eigenvalue weighted by molar-refractivity contribution is 6.21. The Bertz CT molecular complexity index is 350. The molecule has 1 aromatic rings. The lowest BCUT2D eigenvalue weighted by Gasteiger charge is -1.88. The van der Waals surface area contributed by atoms with Crippen LogP contribution in [-0.4, -0.2) is 24.9 Å². The lowest BCUT2D eigenvalue weighted by Crippen LogP contribution is -2.19. The minimum absolute atomic E-state index is 0.300. The van der Waals surface area contributed by atoms with E-state index in [1.54, 1.807) is 24.3 Å². The van der Waals surface area contributed by atoms with E-state index in [9.17, 15) is 9.59 Å². The molecular formula is C10H10N2O2. The van der Waals surface area contributed by atoms with Crippen LogP contribution in [0.25, 0.3) is 0 Å². The van der Waals surface area contributed by atoms with Crippen molar-refractivity contribution in [3.63, 3.8) is 0 Å². The first-order valence-electron chi connectivity index (χ1n) is 4.44. The molecule has 4 heteroatoms. The number of benzene rings is 1. The van der Waals surface area contributed by atoms with Crippen LogP contribution in [0.4, 0.5) is 0 Å². The molecule has 72 valence electrons. The van der Waals surface area contributed by atoms with E-state index in [2.05, 4.69) is 10.6 Å². The number of carbonyl (C=O) groups excluding carboxylic acids is 2. The first-order valence-corrected chi connectivity index (χ1v) is 4.44. The molecule has 1 aromatic carbocycles. The van der Waals surface area contributed by atoms with Crippen molar-refractivity contribution >= 4 is 11.8 Å². The molecule has 0 bridgehead atoms. The van der Waals surface area contributed by atoms with Gasteiger partial charge in [-0.15, -0.1) is 0 Å². The number of hydrogen-bond donors (Lipinski definition) is 2. The Kier molecular flexibility index (Phi) is 2.28. The van der Waals surface area contributed by atoms with Gasteiger partial charge in [-0.25, -0.2) is 0 Å². The monoisotopic (exact) mass is 190 g/mol. The third-order valence-electron chi connectivity index (χ3n) is 1.89. The summed E-state index contributed by atoms with van der Waals surface area (Å²) in [5, 5.41) is 5.20. The predicted octanol–water partition coefficient (Wildman–Crippen LogP) is 0.160. The van der Waals surface area contributed by atoms with E-state index in [0.29, 0.717) is 11.1 Å². The van der Waals surface area contributed by atoms with Gasteiger partial charge in [0.1, 0.15) is 0 Å². The fraction of sp³-hybridized carbons (Fsp3) is 0.200. The third-order valence-corrected chi connectivity index (χ3v) is 1.89. The summed E-state index contributed by atoms with van der Waals surface area (Å²) in [4.78, 5) is 21.9. The minimum atomic E-state index is -0.300. The zero-order chi connectivity index (χ0) is 9.97. The van der Waals surface area contributed by atoms with Gasteiger partial charge in [-0.3, -0.25) is 14.9 Å². The Labute approximate surface area is 81.3 Å². The quantitative estimate of drug-likeness (QED) is 0.452. The summed E-state index contributed by atoms with van der Waals surface area (Å²) in [6, 6.07) is 6.74. The van der Waals surface area contributed by atoms with Crippen LogP contribution >= 0.6 is 0 Å². The van der Waals surface area contributed by atoms with Crippen molar-refractivity contribution in [1.29, 1.82) is 0 Å². The Morgan fingerprint density at radius 2 is 1.36 bits per heavy atom. The van der Waals surface area contributed by atoms with Gasteiger partial charge >= 0.3 is 0 Å². The Morgan fingerprint density at radius 3 is 1.71 bits per heavy atom. The van der Waals surface area contributed by atoms with Gasteiger partial charge in [-0.1, -0.05) is 12.1 Å². The van der Waals surface area contributed by atoms with Gasteiger partial charge in [0.05, 0.1) is 11.1 Å². The van der Waals surface area contributed by atoms with E-state index in [1.165, 1.54) is 13.1 Å². The Balaban J connectivity index is 0.000000214. The molecular weight excluding hydrogens is 180 g/mol. The summed E-state index contributed by atoms with van der Waals surface area (Å²) >= 11 is 0. The molecule has 2 heterocycles. The molecule has 0 radical (unpaired) electrons. The van der Waals surface area contributed by atoms with Crippen molar-refractivity contribution in [1.82, 2.24) is 10.6 Å². The molecule has 2 N–H and O–H groups in total. The van der Waals surface area contributed by atoms with E-state index >= 15 is 0 Å². The average Bonchev–Trinajstić information content (AvgIpc) is 3.02. The molecule has 1 fully saturated rings. The smallest absolute Gasteiger partial charge is 0.258 e. The van der Waals surface area contributed by atoms with Crippen LogP contribution in [0.5, 0.6) is 0 Å². The number of hydrogen-bond acceptors (Lipinski definition) is 3. The van der Waals surface area contributed by atoms with Crippen molar-refractivity contribution in [3.8, 4) is 0 Å². The molecule has 2 amide bonds. The number of imide groups is 1. The van der Waals surface area contributed by atoms with Crippen LogP contribution in [0, 0.1) is 0 Å². The summed E-state index contributed by atoms with van der Waals surface area (Å²) in [6.07, 6.45) is 0. The Hall–Kier alpha value is -1.68. The van der Waals surface area contributed by atoms with Crippen molar-refractivity contribution in [2.75, 3.05) is 13.1 Å². The minimum Gasteiger partial charge on any atom is -0.314 e. The molecule has 0 aliphatic carbocycles. The average molecular weight is 190 g/mol. The van der Waals surface area contributed by atoms with Gasteiger partial charge < -0.3 is 5.32 Å². The van der Waals surface area contributed by atoms with E-state index in [-0.39, 0.29) is 11.8 Å². The maximum Gasteiger partial charge on any atom is 0.258 e. The second-order valence-electron chi connectivity index (χ2n) is 3.08. The summed E-state index contributed by atoms with van der Waals surface area (Å²) in [6.45, 7) is 2.50. The van der Waals surface area contributed by atoms with E-state index < -0.39 is 0 Å². The molecule has 3 rings (SSSR count). The van der Waals surface area contributed by atoms with Gasteiger partial charge in [0.2, 0.25) is 0 Å². The molecule has 1 saturated heterocycles. The largest absolute Gasteiger partial charge is 0.314 e. The second kappa shape index (κ2) is 3.59. The second-order valence-corrected chi connectivity index (χ2v) is 3.08. The van der Waals surface area contributed by atoms with Gasteiger partial charge in [-0.2, -0.15) is 0 Å². The molecule has 0 aromatic heterocycles. The fourth-order valence-corrected chi connectivity index (χ4v) is 1.12. The molecule has 2 aliphatic heterocycles.